The molecule has 0 aliphatic heterocycles. The Kier molecular flexibility index (Phi) is 11.0. The van der Waals surface area contributed by atoms with Crippen LogP contribution in [0.1, 0.15) is 22.8 Å². The molecule has 2 saturated carbocycles. The van der Waals surface area contributed by atoms with E-state index in [1.165, 1.54) is 38.1 Å². The van der Waals surface area contributed by atoms with E-state index in [4.69, 9.17) is 5.73 Å². The van der Waals surface area contributed by atoms with Crippen molar-refractivity contribution in [2.24, 2.45) is 17.6 Å². The third-order valence-corrected chi connectivity index (χ3v) is 6.98. The van der Waals surface area contributed by atoms with E-state index in [1.807, 2.05) is 0 Å². The Morgan fingerprint density at radius 3 is 2.14 bits per heavy atom. The third-order valence-electron chi connectivity index (χ3n) is 6.98. The number of ketones is 4. The Morgan fingerprint density at radius 2 is 1.65 bits per heavy atom. The van der Waals surface area contributed by atoms with Gasteiger partial charge in [-0.3, -0.25) is 14.5 Å². The maximum Gasteiger partial charge on any atom is 1.00 e. The molecule has 10 N–H and O–H groups in total. The van der Waals surface area contributed by atoms with Crippen molar-refractivity contribution in [1.82, 2.24) is 4.90 Å². The number of hydrogen-bond donors (Lipinski definition) is 5. The van der Waals surface area contributed by atoms with Crippen LogP contribution < -0.4 is 70.0 Å². The number of rotatable bonds is 1. The minimum atomic E-state index is -3.15. The number of hydrogen-bond acceptors (Lipinski definition) is 11. The van der Waals surface area contributed by atoms with Crippen molar-refractivity contribution >= 4 is 23.1 Å². The molecule has 0 aromatic heterocycles. The van der Waals surface area contributed by atoms with Crippen molar-refractivity contribution in [3.05, 3.63) is 46.7 Å². The number of likely N-dealkylation sites (N-methyl/N-ethyl adjacent to an activating group) is 1. The Balaban J connectivity index is 0.00000324. The van der Waals surface area contributed by atoms with Gasteiger partial charge in [-0.25, -0.2) is 0 Å². The summed E-state index contributed by atoms with van der Waals surface area (Å²) in [4.78, 5) is 54.3. The minimum absolute atomic E-state index is 0. The maximum absolute atomic E-state index is 13.6. The molecule has 1 aromatic rings. The molecule has 0 radical (unpaired) electrons. The monoisotopic (exact) mass is 540 g/mol. The topological polar surface area (TPSA) is 265 Å². The van der Waals surface area contributed by atoms with Crippen molar-refractivity contribution < 1.29 is 115 Å². The van der Waals surface area contributed by atoms with Gasteiger partial charge in [0.05, 0.1) is 17.7 Å². The second-order valence-electron chi connectivity index (χ2n) is 9.02. The molecule has 3 aliphatic rings. The van der Waals surface area contributed by atoms with Crippen LogP contribution >= 0.6 is 0 Å². The van der Waals surface area contributed by atoms with Gasteiger partial charge in [0.2, 0.25) is 5.78 Å². The number of aliphatic hydroxyl groups excluding tert-OH is 2. The Morgan fingerprint density at radius 1 is 1.11 bits per heavy atom. The summed E-state index contributed by atoms with van der Waals surface area (Å²) in [6, 6.07) is 2.14. The molecule has 37 heavy (non-hydrogen) atoms. The van der Waals surface area contributed by atoms with Crippen LogP contribution in [0.25, 0.3) is 0 Å². The molecule has 192 valence electrons. The number of nitrogens with zero attached hydrogens (tertiary/aromatic N) is 1. The molecule has 0 spiro atoms. The number of fused-ring (bicyclic) bond motifs is 3. The van der Waals surface area contributed by atoms with E-state index in [0.29, 0.717) is 0 Å². The zero-order valence-corrected chi connectivity index (χ0v) is 24.9. The van der Waals surface area contributed by atoms with E-state index in [1.54, 1.807) is 0 Å². The molecule has 1 aromatic carbocycles. The SMILES string of the molecule is CN(C)[C@@H]1C(=O)/C(=C(\N)O)C(=O)[C@@]2(O)C(=O)[C-]3C(=O)c4c([O-])cccc4[C@@](C)(O)[C@H]3[C@H](O)[C@@H]12.O.O.[Na+].[Na+]. The predicted octanol–water partition coefficient (Wildman–Crippen LogP) is -10.2. The zero-order valence-electron chi connectivity index (χ0n) is 20.9. The molecule has 4 rings (SSSR count). The van der Waals surface area contributed by atoms with Gasteiger partial charge in [-0.15, -0.1) is 5.56 Å². The summed E-state index contributed by atoms with van der Waals surface area (Å²) in [5, 5.41) is 56.3. The Bertz CT molecular complexity index is 1170. The van der Waals surface area contributed by atoms with Crippen LogP contribution in [0.3, 0.4) is 0 Å². The number of aliphatic hydroxyl groups is 4. The van der Waals surface area contributed by atoms with E-state index in [2.05, 4.69) is 0 Å². The van der Waals surface area contributed by atoms with Crippen molar-refractivity contribution in [2.45, 2.75) is 30.3 Å². The van der Waals surface area contributed by atoms with Crippen LogP contribution in [0.2, 0.25) is 0 Å². The van der Waals surface area contributed by atoms with E-state index in [0.717, 1.165) is 6.07 Å². The molecule has 0 bridgehead atoms. The smallest absolute Gasteiger partial charge is 0.885 e. The quantitative estimate of drug-likeness (QED) is 0.0557. The van der Waals surface area contributed by atoms with E-state index in [9.17, 15) is 44.7 Å². The van der Waals surface area contributed by atoms with Crippen LogP contribution in [-0.2, 0) is 20.0 Å². The average Bonchev–Trinajstić information content (AvgIpc) is 2.70. The summed E-state index contributed by atoms with van der Waals surface area (Å²) >= 11 is 0. The molecule has 13 nitrogen and oxygen atoms in total. The second kappa shape index (κ2) is 11.4. The van der Waals surface area contributed by atoms with Gasteiger partial charge < -0.3 is 51.8 Å². The van der Waals surface area contributed by atoms with Gasteiger partial charge in [0.1, 0.15) is 11.4 Å². The van der Waals surface area contributed by atoms with Gasteiger partial charge in [-0.2, -0.15) is 5.75 Å². The van der Waals surface area contributed by atoms with Crippen molar-refractivity contribution in [3.63, 3.8) is 0 Å². The summed E-state index contributed by atoms with van der Waals surface area (Å²) < 4.78 is 0. The summed E-state index contributed by atoms with van der Waals surface area (Å²) in [5.74, 6) is -11.5. The Labute approximate surface area is 255 Å². The normalized spacial score (nSPS) is 33.5. The van der Waals surface area contributed by atoms with Crippen LogP contribution in [0.4, 0.5) is 0 Å². The van der Waals surface area contributed by atoms with Gasteiger partial charge >= 0.3 is 59.1 Å². The number of nitrogens with two attached hydrogens (primary N) is 1. The zero-order chi connectivity index (χ0) is 24.8. The van der Waals surface area contributed by atoms with Crippen molar-refractivity contribution in [2.75, 3.05) is 14.1 Å². The standard InChI is InChI=1S/C22H23N2O9.2Na.2H2O/c1-21(32)7-5-4-6-8(25)9(7)15(26)10-12(21)17(28)13-14(24(2)3)16(27)11(20(23)31)19(30)22(13,33)18(10)29;;;;/h4-6,12-14,17,25,28,31-33H,23H2,1-3H3;;;2*1H2/q-1;2*+1;;/p-1/b20-11-;;;;/t12-,13-,14+,17+,21-,22+;;;;/m1..../s1. The van der Waals surface area contributed by atoms with Gasteiger partial charge in [0.15, 0.2) is 17.3 Å². The fourth-order valence-corrected chi connectivity index (χ4v) is 5.55. The van der Waals surface area contributed by atoms with Crippen LogP contribution in [0.5, 0.6) is 5.75 Å². The average molecular weight is 540 g/mol. The fraction of sp³-hybridized carbons (Fsp3) is 0.409. The van der Waals surface area contributed by atoms with Gasteiger partial charge in [-0.05, 0) is 26.9 Å². The molecule has 0 saturated heterocycles. The van der Waals surface area contributed by atoms with Crippen LogP contribution in [0.15, 0.2) is 29.7 Å². The first kappa shape index (κ1) is 35.7. The Hall–Kier alpha value is -1.33. The maximum atomic E-state index is 13.6. The molecule has 0 amide bonds. The van der Waals surface area contributed by atoms with Crippen LogP contribution in [-0.4, -0.2) is 91.3 Å². The molecule has 0 unspecified atom stereocenters. The fourth-order valence-electron chi connectivity index (χ4n) is 5.55. The molecule has 6 atom stereocenters. The second-order valence-corrected chi connectivity index (χ2v) is 9.02. The van der Waals surface area contributed by atoms with Gasteiger partial charge in [0.25, 0.3) is 0 Å². The molecule has 3 aliphatic carbocycles. The largest absolute Gasteiger partial charge is 1.00 e. The van der Waals surface area contributed by atoms with Crippen molar-refractivity contribution in [1.29, 1.82) is 0 Å². The first-order valence-corrected chi connectivity index (χ1v) is 10.0. The van der Waals surface area contributed by atoms with Gasteiger partial charge in [0, 0.05) is 11.7 Å². The molecule has 2 fully saturated rings. The summed E-state index contributed by atoms with van der Waals surface area (Å²) in [6.07, 6.45) is -1.95. The predicted molar refractivity (Wildman–Crippen MR) is 115 cm³/mol. The minimum Gasteiger partial charge on any atom is -0.885 e. The van der Waals surface area contributed by atoms with E-state index >= 15 is 0 Å². The number of carbonyl (C=O) groups is 4. The van der Waals surface area contributed by atoms with Crippen molar-refractivity contribution in [3.8, 4) is 5.75 Å². The summed E-state index contributed by atoms with van der Waals surface area (Å²) in [6.45, 7) is 1.19. The number of Topliss-reactive ketones (excluding diaryl/α,β-unsaturated/α-hetero) is 4. The summed E-state index contributed by atoms with van der Waals surface area (Å²) in [7, 11) is 2.76. The van der Waals surface area contributed by atoms with E-state index in [-0.39, 0.29) is 75.6 Å². The third kappa shape index (κ3) is 4.50. The molecule has 0 heterocycles. The molecular weight excluding hydrogens is 514 g/mol. The molecule has 15 heteroatoms. The summed E-state index contributed by atoms with van der Waals surface area (Å²) in [5.41, 5.74) is -1.67. The molecular formula is C22H26N2Na2O11. The van der Waals surface area contributed by atoms with E-state index < -0.39 is 87.0 Å². The van der Waals surface area contributed by atoms with Crippen LogP contribution in [0, 0.1) is 17.8 Å². The first-order valence-electron chi connectivity index (χ1n) is 10.0. The number of carbonyl (C=O) groups excluding carboxylic acids is 4. The first-order chi connectivity index (χ1) is 15.2. The van der Waals surface area contributed by atoms with Gasteiger partial charge in [-0.1, -0.05) is 29.7 Å². The number of benzene rings is 1.